The molecule has 0 atom stereocenters. The summed E-state index contributed by atoms with van der Waals surface area (Å²) in [6.07, 6.45) is 1.41. The number of carbonyl (C=O) groups excluding carboxylic acids is 1. The summed E-state index contributed by atoms with van der Waals surface area (Å²) < 4.78 is 10.1. The molecule has 0 aliphatic carbocycles. The molecule has 21 heavy (non-hydrogen) atoms. The number of ether oxygens (including phenoxy) is 2. The second-order valence-electron chi connectivity index (χ2n) is 4.30. The van der Waals surface area contributed by atoms with Gasteiger partial charge in [-0.15, -0.1) is 11.8 Å². The summed E-state index contributed by atoms with van der Waals surface area (Å²) in [5, 5.41) is 0. The van der Waals surface area contributed by atoms with Crippen LogP contribution in [0.3, 0.4) is 0 Å². The van der Waals surface area contributed by atoms with Crippen LogP contribution in [-0.4, -0.2) is 35.7 Å². The van der Waals surface area contributed by atoms with Crippen LogP contribution in [-0.2, 0) is 0 Å². The molecule has 0 bridgehead atoms. The van der Waals surface area contributed by atoms with Crippen LogP contribution in [0.4, 0.5) is 0 Å². The zero-order valence-corrected chi connectivity index (χ0v) is 12.9. The molecule has 1 aromatic heterocycles. The lowest BCUT2D eigenvalue weighted by molar-refractivity contribution is 0.101. The summed E-state index contributed by atoms with van der Waals surface area (Å²) in [6, 6.07) is 8.01. The van der Waals surface area contributed by atoms with E-state index in [4.69, 9.17) is 9.47 Å². The zero-order valence-electron chi connectivity index (χ0n) is 12.1. The Morgan fingerprint density at radius 1 is 1.19 bits per heavy atom. The average Bonchev–Trinajstić information content (AvgIpc) is 2.53. The van der Waals surface area contributed by atoms with Crippen molar-refractivity contribution >= 4 is 17.5 Å². The molecule has 0 saturated carbocycles. The molecule has 110 valence electrons. The first-order valence-corrected chi connectivity index (χ1v) is 7.30. The second-order valence-corrected chi connectivity index (χ2v) is 5.34. The molecule has 6 heteroatoms. The number of benzene rings is 1. The third-order valence-corrected chi connectivity index (χ3v) is 3.79. The Balaban J connectivity index is 2.07. The summed E-state index contributed by atoms with van der Waals surface area (Å²) in [5.41, 5.74) is 1.41. The number of methoxy groups -OCH3 is 2. The number of aryl methyl sites for hydroxylation is 1. The smallest absolute Gasteiger partial charge is 0.246 e. The van der Waals surface area contributed by atoms with Gasteiger partial charge in [-0.2, -0.15) is 4.98 Å². The van der Waals surface area contributed by atoms with Gasteiger partial charge in [-0.25, -0.2) is 4.98 Å². The van der Waals surface area contributed by atoms with Crippen molar-refractivity contribution < 1.29 is 14.3 Å². The van der Waals surface area contributed by atoms with Crippen LogP contribution >= 0.6 is 11.8 Å². The summed E-state index contributed by atoms with van der Waals surface area (Å²) in [7, 11) is 2.94. The lowest BCUT2D eigenvalue weighted by atomic mass is 10.2. The highest BCUT2D eigenvalue weighted by molar-refractivity contribution is 8.00. The number of thioether (sulfide) groups is 1. The fourth-order valence-electron chi connectivity index (χ4n) is 1.64. The molecule has 5 nitrogen and oxygen atoms in total. The minimum absolute atomic E-state index is 0.132. The van der Waals surface area contributed by atoms with E-state index >= 15 is 0 Å². The molecule has 0 aliphatic heterocycles. The van der Waals surface area contributed by atoms with Gasteiger partial charge in [0.05, 0.1) is 26.2 Å². The van der Waals surface area contributed by atoms with E-state index in [0.29, 0.717) is 5.88 Å². The lowest BCUT2D eigenvalue weighted by Crippen LogP contribution is -2.09. The Morgan fingerprint density at radius 2 is 1.90 bits per heavy atom. The molecule has 0 saturated heterocycles. The van der Waals surface area contributed by atoms with E-state index in [1.165, 1.54) is 37.7 Å². The molecular formula is C15H16N2O3S. The van der Waals surface area contributed by atoms with Crippen LogP contribution < -0.4 is 9.47 Å². The maximum atomic E-state index is 12.2. The van der Waals surface area contributed by atoms with E-state index in [-0.39, 0.29) is 23.1 Å². The van der Waals surface area contributed by atoms with Crippen molar-refractivity contribution in [3.63, 3.8) is 0 Å². The van der Waals surface area contributed by atoms with Crippen molar-refractivity contribution in [1.82, 2.24) is 9.97 Å². The van der Waals surface area contributed by atoms with Gasteiger partial charge in [-0.3, -0.25) is 4.79 Å². The van der Waals surface area contributed by atoms with Crippen LogP contribution in [0.15, 0.2) is 35.4 Å². The predicted octanol–water partition coefficient (Wildman–Crippen LogP) is 2.78. The number of carbonyl (C=O) groups is 1. The van der Waals surface area contributed by atoms with Gasteiger partial charge in [0.2, 0.25) is 11.8 Å². The Kier molecular flexibility index (Phi) is 5.16. The first-order chi connectivity index (χ1) is 10.1. The van der Waals surface area contributed by atoms with Gasteiger partial charge in [-0.1, -0.05) is 17.7 Å². The molecule has 0 radical (unpaired) electrons. The molecule has 2 aromatic rings. The molecule has 0 amide bonds. The standard InChI is InChI=1S/C15H16N2O3S/c1-10-4-6-11(7-5-10)21-9-12(18)14-15(20-3)17-13(19-2)8-16-14/h4-8H,9H2,1-3H3. The van der Waals surface area contributed by atoms with Gasteiger partial charge in [0, 0.05) is 4.90 Å². The molecule has 0 spiro atoms. The minimum atomic E-state index is -0.132. The van der Waals surface area contributed by atoms with Gasteiger partial charge in [0.25, 0.3) is 0 Å². The molecule has 1 heterocycles. The van der Waals surface area contributed by atoms with Gasteiger partial charge in [0.15, 0.2) is 11.5 Å². The molecular weight excluding hydrogens is 288 g/mol. The normalized spacial score (nSPS) is 10.2. The number of hydrogen-bond donors (Lipinski definition) is 0. The van der Waals surface area contributed by atoms with Gasteiger partial charge >= 0.3 is 0 Å². The van der Waals surface area contributed by atoms with Crippen LogP contribution in [0, 0.1) is 6.92 Å². The molecule has 1 aromatic carbocycles. The van der Waals surface area contributed by atoms with Crippen molar-refractivity contribution in [3.8, 4) is 11.8 Å². The van der Waals surface area contributed by atoms with Crippen LogP contribution in [0.2, 0.25) is 0 Å². The zero-order chi connectivity index (χ0) is 15.2. The first-order valence-electron chi connectivity index (χ1n) is 6.31. The summed E-state index contributed by atoms with van der Waals surface area (Å²) in [4.78, 5) is 21.4. The SMILES string of the molecule is COc1cnc(C(=O)CSc2ccc(C)cc2)c(OC)n1. The first kappa shape index (κ1) is 15.3. The highest BCUT2D eigenvalue weighted by atomic mass is 32.2. The van der Waals surface area contributed by atoms with Crippen molar-refractivity contribution in [3.05, 3.63) is 41.7 Å². The maximum Gasteiger partial charge on any atom is 0.246 e. The van der Waals surface area contributed by atoms with Crippen molar-refractivity contribution in [1.29, 1.82) is 0 Å². The number of hydrogen-bond acceptors (Lipinski definition) is 6. The molecule has 0 fully saturated rings. The fourth-order valence-corrected chi connectivity index (χ4v) is 2.40. The van der Waals surface area contributed by atoms with Crippen LogP contribution in [0.1, 0.15) is 16.1 Å². The van der Waals surface area contributed by atoms with E-state index in [9.17, 15) is 4.79 Å². The average molecular weight is 304 g/mol. The Morgan fingerprint density at radius 3 is 2.52 bits per heavy atom. The lowest BCUT2D eigenvalue weighted by Gasteiger charge is -2.07. The maximum absolute atomic E-state index is 12.2. The van der Waals surface area contributed by atoms with Crippen molar-refractivity contribution in [2.24, 2.45) is 0 Å². The largest absolute Gasteiger partial charge is 0.480 e. The Labute approximate surface area is 127 Å². The van der Waals surface area contributed by atoms with Gasteiger partial charge < -0.3 is 9.47 Å². The third kappa shape index (κ3) is 3.95. The number of aromatic nitrogens is 2. The topological polar surface area (TPSA) is 61.3 Å². The summed E-state index contributed by atoms with van der Waals surface area (Å²) in [6.45, 7) is 2.03. The van der Waals surface area contributed by atoms with E-state index in [1.807, 2.05) is 31.2 Å². The number of nitrogens with zero attached hydrogens (tertiary/aromatic N) is 2. The van der Waals surface area contributed by atoms with E-state index in [0.717, 1.165) is 4.90 Å². The van der Waals surface area contributed by atoms with Crippen molar-refractivity contribution in [2.75, 3.05) is 20.0 Å². The Hall–Kier alpha value is -2.08. The molecule has 0 unspecified atom stereocenters. The van der Waals surface area contributed by atoms with Crippen LogP contribution in [0.5, 0.6) is 11.8 Å². The van der Waals surface area contributed by atoms with Crippen LogP contribution in [0.25, 0.3) is 0 Å². The summed E-state index contributed by atoms with van der Waals surface area (Å²) >= 11 is 1.46. The summed E-state index contributed by atoms with van der Waals surface area (Å²) in [5.74, 6) is 0.645. The number of Topliss-reactive ketones (excluding diaryl/α,β-unsaturated/α-hetero) is 1. The number of ketones is 1. The quantitative estimate of drug-likeness (QED) is 0.604. The van der Waals surface area contributed by atoms with Crippen molar-refractivity contribution in [2.45, 2.75) is 11.8 Å². The van der Waals surface area contributed by atoms with E-state index < -0.39 is 0 Å². The minimum Gasteiger partial charge on any atom is -0.480 e. The fraction of sp³-hybridized carbons (Fsp3) is 0.267. The molecule has 0 aliphatic rings. The molecule has 0 N–H and O–H groups in total. The Bertz CT molecular complexity index is 629. The predicted molar refractivity (Wildman–Crippen MR) is 81.4 cm³/mol. The number of rotatable bonds is 6. The van der Waals surface area contributed by atoms with Gasteiger partial charge in [-0.05, 0) is 19.1 Å². The molecule has 2 rings (SSSR count). The van der Waals surface area contributed by atoms with E-state index in [2.05, 4.69) is 9.97 Å². The second kappa shape index (κ2) is 7.08. The third-order valence-electron chi connectivity index (χ3n) is 2.78. The monoisotopic (exact) mass is 304 g/mol. The van der Waals surface area contributed by atoms with E-state index in [1.54, 1.807) is 0 Å². The highest BCUT2D eigenvalue weighted by Gasteiger charge is 2.17. The highest BCUT2D eigenvalue weighted by Crippen LogP contribution is 2.22. The van der Waals surface area contributed by atoms with Gasteiger partial charge in [0.1, 0.15) is 0 Å².